The summed E-state index contributed by atoms with van der Waals surface area (Å²) in [6, 6.07) is 1.61. The van der Waals surface area contributed by atoms with E-state index >= 15 is 0 Å². The van der Waals surface area contributed by atoms with E-state index in [1.54, 1.807) is 31.1 Å². The van der Waals surface area contributed by atoms with Crippen LogP contribution < -0.4 is 15.8 Å². The molecule has 0 radical (unpaired) electrons. The second-order valence-electron chi connectivity index (χ2n) is 6.15. The van der Waals surface area contributed by atoms with Crippen LogP contribution in [0.3, 0.4) is 0 Å². The number of aromatic nitrogens is 2. The van der Waals surface area contributed by atoms with Crippen LogP contribution in [0.4, 0.5) is 5.69 Å². The molecule has 0 spiro atoms. The highest BCUT2D eigenvalue weighted by molar-refractivity contribution is 7.98. The molecule has 1 aromatic rings. The molecule has 1 aromatic heterocycles. The quantitative estimate of drug-likeness (QED) is 0.729. The molecule has 8 heteroatoms. The maximum atomic E-state index is 11.8. The number of thioether (sulfide) groups is 1. The van der Waals surface area contributed by atoms with Crippen molar-refractivity contribution < 1.29 is 9.90 Å². The topological polar surface area (TPSA) is 87.5 Å². The monoisotopic (exact) mass is 354 g/mol. The molecule has 0 saturated carbocycles. The third kappa shape index (κ3) is 5.24. The van der Waals surface area contributed by atoms with Crippen molar-refractivity contribution in [3.8, 4) is 0 Å². The number of piperidine rings is 1. The molecule has 0 aliphatic carbocycles. The van der Waals surface area contributed by atoms with Gasteiger partial charge in [0, 0.05) is 32.7 Å². The first-order valence-corrected chi connectivity index (χ1v) is 9.63. The van der Waals surface area contributed by atoms with E-state index in [2.05, 4.69) is 15.3 Å². The lowest BCUT2D eigenvalue weighted by molar-refractivity contribution is -0.129. The fraction of sp³-hybridized carbons (Fsp3) is 0.688. The van der Waals surface area contributed by atoms with Crippen molar-refractivity contribution >= 4 is 23.4 Å². The Hall–Kier alpha value is -1.54. The van der Waals surface area contributed by atoms with Gasteiger partial charge in [-0.1, -0.05) is 0 Å². The van der Waals surface area contributed by atoms with Crippen LogP contribution in [0.2, 0.25) is 0 Å². The lowest BCUT2D eigenvalue weighted by Crippen LogP contribution is -2.42. The van der Waals surface area contributed by atoms with Crippen LogP contribution in [0.15, 0.2) is 17.1 Å². The lowest BCUT2D eigenvalue weighted by atomic mass is 9.96. The number of carbonyl (C=O) groups excluding carboxylic acids is 1. The molecular formula is C16H26N4O3S. The zero-order valence-electron chi connectivity index (χ0n) is 14.3. The number of aliphatic hydroxyl groups excluding tert-OH is 1. The molecule has 2 heterocycles. The molecule has 1 atom stereocenters. The van der Waals surface area contributed by atoms with E-state index in [4.69, 9.17) is 0 Å². The molecule has 1 aliphatic heterocycles. The number of rotatable bonds is 7. The number of carbonyl (C=O) groups is 1. The van der Waals surface area contributed by atoms with Gasteiger partial charge in [0.05, 0.1) is 11.9 Å². The van der Waals surface area contributed by atoms with Crippen molar-refractivity contribution in [3.05, 3.63) is 22.6 Å². The fourth-order valence-electron chi connectivity index (χ4n) is 2.75. The minimum Gasteiger partial charge on any atom is -0.383 e. The molecule has 1 aliphatic rings. The Balaban J connectivity index is 1.75. The Morgan fingerprint density at radius 1 is 1.50 bits per heavy atom. The summed E-state index contributed by atoms with van der Waals surface area (Å²) in [5.41, 5.74) is 0.745. The number of amides is 1. The van der Waals surface area contributed by atoms with Crippen molar-refractivity contribution in [2.45, 2.75) is 25.4 Å². The summed E-state index contributed by atoms with van der Waals surface area (Å²) in [5.74, 6) is 0.900. The van der Waals surface area contributed by atoms with Crippen LogP contribution in [-0.4, -0.2) is 58.5 Å². The summed E-state index contributed by atoms with van der Waals surface area (Å²) in [6.07, 6.45) is 5.13. The van der Waals surface area contributed by atoms with Gasteiger partial charge in [0.2, 0.25) is 5.91 Å². The molecule has 2 rings (SSSR count). The molecule has 7 nitrogen and oxygen atoms in total. The Kier molecular flexibility index (Phi) is 7.11. The van der Waals surface area contributed by atoms with Crippen molar-refractivity contribution in [3.63, 3.8) is 0 Å². The molecule has 134 valence electrons. The van der Waals surface area contributed by atoms with Gasteiger partial charge in [0.1, 0.15) is 6.10 Å². The lowest BCUT2D eigenvalue weighted by Gasteiger charge is -2.33. The number of hydrogen-bond donors (Lipinski definition) is 2. The van der Waals surface area contributed by atoms with Gasteiger partial charge in [0.15, 0.2) is 0 Å². The van der Waals surface area contributed by atoms with Crippen molar-refractivity contribution in [1.82, 2.24) is 15.1 Å². The van der Waals surface area contributed by atoms with Crippen LogP contribution in [-0.2, 0) is 11.8 Å². The SMILES string of the molecule is CSCC[C@@H](O)C(=O)NCC1CCN(c2cnn(C)c(=O)c2)CC1. The summed E-state index contributed by atoms with van der Waals surface area (Å²) < 4.78 is 1.31. The largest absolute Gasteiger partial charge is 0.383 e. The van der Waals surface area contributed by atoms with Crippen molar-refractivity contribution in [2.75, 3.05) is 36.5 Å². The standard InChI is InChI=1S/C16H26N4O3S/c1-19-15(22)9-13(11-18-19)20-6-3-12(4-7-20)10-17-16(23)14(21)5-8-24-2/h9,11-12,14,21H,3-8,10H2,1-2H3,(H,17,23)/t14-/m1/s1. The second kappa shape index (κ2) is 9.08. The van der Waals surface area contributed by atoms with Gasteiger partial charge < -0.3 is 15.3 Å². The van der Waals surface area contributed by atoms with Gasteiger partial charge in [-0.3, -0.25) is 9.59 Å². The number of hydrogen-bond acceptors (Lipinski definition) is 6. The highest BCUT2D eigenvalue weighted by Crippen LogP contribution is 2.21. The number of nitrogens with zero attached hydrogens (tertiary/aromatic N) is 3. The smallest absolute Gasteiger partial charge is 0.268 e. The number of aryl methyl sites for hydroxylation is 1. The normalized spacial score (nSPS) is 16.9. The summed E-state index contributed by atoms with van der Waals surface area (Å²) in [4.78, 5) is 25.6. The van der Waals surface area contributed by atoms with E-state index in [1.807, 2.05) is 6.26 Å². The molecule has 0 aromatic carbocycles. The van der Waals surface area contributed by atoms with Gasteiger partial charge in [-0.05, 0) is 37.2 Å². The molecule has 1 fully saturated rings. The number of aliphatic hydroxyl groups is 1. The molecule has 1 amide bonds. The van der Waals surface area contributed by atoms with Gasteiger partial charge >= 0.3 is 0 Å². The van der Waals surface area contributed by atoms with Crippen LogP contribution in [0.25, 0.3) is 0 Å². The summed E-state index contributed by atoms with van der Waals surface area (Å²) >= 11 is 1.62. The Morgan fingerprint density at radius 3 is 2.83 bits per heavy atom. The highest BCUT2D eigenvalue weighted by atomic mass is 32.2. The van der Waals surface area contributed by atoms with Crippen molar-refractivity contribution in [1.29, 1.82) is 0 Å². The van der Waals surface area contributed by atoms with E-state index in [-0.39, 0.29) is 11.5 Å². The first kappa shape index (κ1) is 18.8. The summed E-state index contributed by atoms with van der Waals surface area (Å²) in [5, 5.41) is 16.6. The summed E-state index contributed by atoms with van der Waals surface area (Å²) in [7, 11) is 1.63. The van der Waals surface area contributed by atoms with Crippen LogP contribution in [0.5, 0.6) is 0 Å². The van der Waals surface area contributed by atoms with Crippen LogP contribution in [0, 0.1) is 5.92 Å². The molecule has 1 saturated heterocycles. The molecule has 24 heavy (non-hydrogen) atoms. The zero-order chi connectivity index (χ0) is 17.5. The highest BCUT2D eigenvalue weighted by Gasteiger charge is 2.22. The first-order valence-electron chi connectivity index (χ1n) is 8.24. The van der Waals surface area contributed by atoms with E-state index < -0.39 is 6.10 Å². The van der Waals surface area contributed by atoms with Gasteiger partial charge in [-0.25, -0.2) is 4.68 Å². The Bertz CT molecular complexity index is 599. The van der Waals surface area contributed by atoms with Gasteiger partial charge in [-0.2, -0.15) is 16.9 Å². The minimum absolute atomic E-state index is 0.110. The average Bonchev–Trinajstić information content (AvgIpc) is 2.60. The van der Waals surface area contributed by atoms with E-state index in [1.165, 1.54) is 4.68 Å². The van der Waals surface area contributed by atoms with E-state index in [0.717, 1.165) is 37.4 Å². The zero-order valence-corrected chi connectivity index (χ0v) is 15.1. The Labute approximate surface area is 146 Å². The Morgan fingerprint density at radius 2 is 2.21 bits per heavy atom. The third-order valence-electron chi connectivity index (χ3n) is 4.40. The van der Waals surface area contributed by atoms with Crippen LogP contribution in [0.1, 0.15) is 19.3 Å². The maximum Gasteiger partial charge on any atom is 0.268 e. The maximum absolute atomic E-state index is 11.8. The minimum atomic E-state index is -0.913. The van der Waals surface area contributed by atoms with E-state index in [0.29, 0.717) is 18.9 Å². The first-order chi connectivity index (χ1) is 11.5. The second-order valence-corrected chi connectivity index (χ2v) is 7.13. The van der Waals surface area contributed by atoms with E-state index in [9.17, 15) is 14.7 Å². The molecular weight excluding hydrogens is 328 g/mol. The molecule has 0 bridgehead atoms. The third-order valence-corrected chi connectivity index (χ3v) is 5.04. The van der Waals surface area contributed by atoms with Gasteiger partial charge in [0.25, 0.3) is 5.56 Å². The number of nitrogens with one attached hydrogen (secondary N) is 1. The predicted molar refractivity (Wildman–Crippen MR) is 96.4 cm³/mol. The molecule has 2 N–H and O–H groups in total. The van der Waals surface area contributed by atoms with Crippen molar-refractivity contribution in [2.24, 2.45) is 13.0 Å². The molecule has 0 unspecified atom stereocenters. The summed E-state index contributed by atoms with van der Waals surface area (Å²) in [6.45, 7) is 2.27. The van der Waals surface area contributed by atoms with Crippen LogP contribution >= 0.6 is 11.8 Å². The predicted octanol–water partition coefficient (Wildman–Crippen LogP) is 0.227. The fourth-order valence-corrected chi connectivity index (χ4v) is 3.21. The average molecular weight is 354 g/mol. The number of anilines is 1. The van der Waals surface area contributed by atoms with Gasteiger partial charge in [-0.15, -0.1) is 0 Å².